The third-order valence-electron chi connectivity index (χ3n) is 1.93. The summed E-state index contributed by atoms with van der Waals surface area (Å²) >= 11 is 5.46. The minimum absolute atomic E-state index is 0.262. The second-order valence-corrected chi connectivity index (χ2v) is 3.24. The molecule has 4 nitrogen and oxygen atoms in total. The van der Waals surface area contributed by atoms with Crippen molar-refractivity contribution in [2.45, 2.75) is 12.8 Å². The van der Waals surface area contributed by atoms with Crippen molar-refractivity contribution >= 4 is 17.6 Å². The molecule has 7 heteroatoms. The number of carbonyl (C=O) groups excluding carboxylic acids is 1. The van der Waals surface area contributed by atoms with Gasteiger partial charge in [0.2, 0.25) is 0 Å². The number of aromatic nitrogens is 1. The Morgan fingerprint density at radius 1 is 1.69 bits per heavy atom. The van der Waals surface area contributed by atoms with Crippen molar-refractivity contribution < 1.29 is 23.4 Å². The Bertz CT molecular complexity index is 412. The predicted molar refractivity (Wildman–Crippen MR) is 51.6 cm³/mol. The highest BCUT2D eigenvalue weighted by molar-refractivity contribution is 6.30. The third-order valence-corrected chi connectivity index (χ3v) is 2.21. The SMILES string of the molecule is COC(=O)Cc1c(C(F)F)cnc(Cl)c1O. The second kappa shape index (κ2) is 5.07. The highest BCUT2D eigenvalue weighted by atomic mass is 35.5. The Hall–Kier alpha value is -1.43. The number of aromatic hydroxyl groups is 1. The molecular formula is C9H8ClF2NO3. The molecule has 0 aliphatic rings. The van der Waals surface area contributed by atoms with Crippen molar-refractivity contribution in [3.05, 3.63) is 22.5 Å². The van der Waals surface area contributed by atoms with Crippen molar-refractivity contribution in [3.63, 3.8) is 0 Å². The van der Waals surface area contributed by atoms with Gasteiger partial charge in [0.05, 0.1) is 13.5 Å². The number of rotatable bonds is 3. The number of nitrogens with zero attached hydrogens (tertiary/aromatic N) is 1. The molecular weight excluding hydrogens is 244 g/mol. The summed E-state index contributed by atoms with van der Waals surface area (Å²) in [4.78, 5) is 14.4. The molecule has 0 spiro atoms. The lowest BCUT2D eigenvalue weighted by Gasteiger charge is -2.10. The van der Waals surface area contributed by atoms with Gasteiger partial charge in [-0.2, -0.15) is 0 Å². The average molecular weight is 252 g/mol. The van der Waals surface area contributed by atoms with Gasteiger partial charge in [-0.3, -0.25) is 4.79 Å². The summed E-state index contributed by atoms with van der Waals surface area (Å²) in [6.45, 7) is 0. The molecule has 0 atom stereocenters. The fraction of sp³-hybridized carbons (Fsp3) is 0.333. The van der Waals surface area contributed by atoms with Gasteiger partial charge in [0.1, 0.15) is 0 Å². The summed E-state index contributed by atoms with van der Waals surface area (Å²) in [6.07, 6.45) is -2.51. The molecule has 1 aromatic heterocycles. The molecule has 16 heavy (non-hydrogen) atoms. The van der Waals surface area contributed by atoms with Crippen LogP contribution in [0.25, 0.3) is 0 Å². The lowest BCUT2D eigenvalue weighted by atomic mass is 10.1. The highest BCUT2D eigenvalue weighted by Crippen LogP contribution is 2.33. The molecule has 0 bridgehead atoms. The Balaban J connectivity index is 3.20. The maximum atomic E-state index is 12.5. The molecule has 0 aliphatic carbocycles. The van der Waals surface area contributed by atoms with Crippen molar-refractivity contribution in [2.24, 2.45) is 0 Å². The van der Waals surface area contributed by atoms with Gasteiger partial charge in [-0.15, -0.1) is 0 Å². The summed E-state index contributed by atoms with van der Waals surface area (Å²) in [6, 6.07) is 0. The Labute approximate surface area is 94.8 Å². The zero-order valence-corrected chi connectivity index (χ0v) is 8.96. The molecule has 0 radical (unpaired) electrons. The van der Waals surface area contributed by atoms with Crippen LogP contribution in [0.2, 0.25) is 5.15 Å². The largest absolute Gasteiger partial charge is 0.504 e. The van der Waals surface area contributed by atoms with Gasteiger partial charge < -0.3 is 9.84 Å². The second-order valence-electron chi connectivity index (χ2n) is 2.89. The number of esters is 1. The first-order valence-corrected chi connectivity index (χ1v) is 4.56. The number of pyridine rings is 1. The first-order chi connectivity index (χ1) is 7.47. The number of carbonyl (C=O) groups is 1. The number of hydrogen-bond donors (Lipinski definition) is 1. The monoisotopic (exact) mass is 251 g/mol. The number of ether oxygens (including phenoxy) is 1. The van der Waals surface area contributed by atoms with E-state index in [2.05, 4.69) is 9.72 Å². The van der Waals surface area contributed by atoms with E-state index in [-0.39, 0.29) is 10.7 Å². The minimum Gasteiger partial charge on any atom is -0.504 e. The molecule has 1 aromatic rings. The fourth-order valence-corrected chi connectivity index (χ4v) is 1.28. The van der Waals surface area contributed by atoms with E-state index < -0.39 is 30.1 Å². The molecule has 0 aromatic carbocycles. The molecule has 0 saturated heterocycles. The van der Waals surface area contributed by atoms with Crippen LogP contribution in [0.15, 0.2) is 6.20 Å². The van der Waals surface area contributed by atoms with E-state index in [0.29, 0.717) is 0 Å². The number of methoxy groups -OCH3 is 1. The van der Waals surface area contributed by atoms with Crippen molar-refractivity contribution in [3.8, 4) is 5.75 Å². The van der Waals surface area contributed by atoms with E-state index >= 15 is 0 Å². The smallest absolute Gasteiger partial charge is 0.310 e. The quantitative estimate of drug-likeness (QED) is 0.660. The van der Waals surface area contributed by atoms with Gasteiger partial charge in [0.15, 0.2) is 10.9 Å². The van der Waals surface area contributed by atoms with Crippen LogP contribution in [0.4, 0.5) is 8.78 Å². The van der Waals surface area contributed by atoms with Gasteiger partial charge in [-0.25, -0.2) is 13.8 Å². The molecule has 1 N–H and O–H groups in total. The molecule has 0 unspecified atom stereocenters. The Morgan fingerprint density at radius 3 is 2.81 bits per heavy atom. The summed E-state index contributed by atoms with van der Waals surface area (Å²) in [5.41, 5.74) is -0.797. The maximum absolute atomic E-state index is 12.5. The van der Waals surface area contributed by atoms with Gasteiger partial charge in [0, 0.05) is 17.3 Å². The third kappa shape index (κ3) is 2.57. The molecule has 0 saturated carbocycles. The van der Waals surface area contributed by atoms with Crippen LogP contribution in [0.1, 0.15) is 17.6 Å². The Kier molecular flexibility index (Phi) is 4.00. The summed E-state index contributed by atoms with van der Waals surface area (Å²) in [7, 11) is 1.12. The van der Waals surface area contributed by atoms with E-state index in [4.69, 9.17) is 11.6 Å². The summed E-state index contributed by atoms with van der Waals surface area (Å²) < 4.78 is 29.4. The summed E-state index contributed by atoms with van der Waals surface area (Å²) in [5.74, 6) is -1.37. The zero-order chi connectivity index (χ0) is 12.3. The maximum Gasteiger partial charge on any atom is 0.310 e. The number of halogens is 3. The van der Waals surface area contributed by atoms with Crippen molar-refractivity contribution in [2.75, 3.05) is 7.11 Å². The van der Waals surface area contributed by atoms with Crippen LogP contribution < -0.4 is 0 Å². The molecule has 0 aliphatic heterocycles. The number of alkyl halides is 2. The van der Waals surface area contributed by atoms with Crippen LogP contribution in [-0.4, -0.2) is 23.2 Å². The normalized spacial score (nSPS) is 10.6. The van der Waals surface area contributed by atoms with Gasteiger partial charge in [-0.05, 0) is 0 Å². The topological polar surface area (TPSA) is 59.4 Å². The van der Waals surface area contributed by atoms with Gasteiger partial charge in [-0.1, -0.05) is 11.6 Å². The van der Waals surface area contributed by atoms with Crippen LogP contribution in [0.5, 0.6) is 5.75 Å². The van der Waals surface area contributed by atoms with E-state index in [0.717, 1.165) is 13.3 Å². The zero-order valence-electron chi connectivity index (χ0n) is 8.21. The molecule has 0 amide bonds. The first-order valence-electron chi connectivity index (χ1n) is 4.18. The molecule has 1 heterocycles. The number of hydrogen-bond acceptors (Lipinski definition) is 4. The van der Waals surface area contributed by atoms with Crippen LogP contribution in [-0.2, 0) is 16.0 Å². The van der Waals surface area contributed by atoms with Crippen LogP contribution >= 0.6 is 11.6 Å². The lowest BCUT2D eigenvalue weighted by Crippen LogP contribution is -2.08. The van der Waals surface area contributed by atoms with Crippen molar-refractivity contribution in [1.82, 2.24) is 4.98 Å². The average Bonchev–Trinajstić information content (AvgIpc) is 2.24. The van der Waals surface area contributed by atoms with Crippen LogP contribution in [0, 0.1) is 0 Å². The highest BCUT2D eigenvalue weighted by Gasteiger charge is 2.21. The van der Waals surface area contributed by atoms with E-state index in [9.17, 15) is 18.7 Å². The van der Waals surface area contributed by atoms with Gasteiger partial charge in [0.25, 0.3) is 6.43 Å². The summed E-state index contributed by atoms with van der Waals surface area (Å²) in [5, 5.41) is 9.11. The predicted octanol–water partition coefficient (Wildman–Crippen LogP) is 2.09. The Morgan fingerprint density at radius 2 is 2.31 bits per heavy atom. The molecule has 1 rings (SSSR count). The fourth-order valence-electron chi connectivity index (χ4n) is 1.12. The molecule has 88 valence electrons. The van der Waals surface area contributed by atoms with Crippen molar-refractivity contribution in [1.29, 1.82) is 0 Å². The minimum atomic E-state index is -2.85. The van der Waals surface area contributed by atoms with E-state index in [1.54, 1.807) is 0 Å². The first kappa shape index (κ1) is 12.6. The van der Waals surface area contributed by atoms with E-state index in [1.165, 1.54) is 0 Å². The standard InChI is InChI=1S/C9H8ClF2NO3/c1-16-6(14)2-4-5(9(11)12)3-13-8(10)7(4)15/h3,9,15H,2H2,1H3. The lowest BCUT2D eigenvalue weighted by molar-refractivity contribution is -0.139. The van der Waals surface area contributed by atoms with E-state index in [1.807, 2.05) is 0 Å². The molecule has 0 fully saturated rings. The van der Waals surface area contributed by atoms with Crippen LogP contribution in [0.3, 0.4) is 0 Å². The van der Waals surface area contributed by atoms with Gasteiger partial charge >= 0.3 is 5.97 Å².